The smallest absolute Gasteiger partial charge is 0.0624 e. The summed E-state index contributed by atoms with van der Waals surface area (Å²) in [6.45, 7) is 1.82. The molecule has 0 aliphatic carbocycles. The molecule has 1 unspecified atom stereocenters. The fourth-order valence-corrected chi connectivity index (χ4v) is 1.18. The maximum atomic E-state index is 9.01. The molecule has 0 saturated heterocycles. The van der Waals surface area contributed by atoms with Gasteiger partial charge in [0.15, 0.2) is 0 Å². The number of hydrogen-bond donors (Lipinski definition) is 1. The van der Waals surface area contributed by atoms with Gasteiger partial charge in [-0.25, -0.2) is 0 Å². The summed E-state index contributed by atoms with van der Waals surface area (Å²) in [5, 5.41) is 13.3. The first-order chi connectivity index (χ1) is 5.68. The van der Waals surface area contributed by atoms with Crippen LogP contribution < -0.4 is 0 Å². The maximum Gasteiger partial charge on any atom is 0.0624 e. The Morgan fingerprint density at radius 2 is 2.42 bits per heavy atom. The topological polar surface area (TPSA) is 38.0 Å². The maximum absolute atomic E-state index is 9.01. The van der Waals surface area contributed by atoms with Crippen molar-refractivity contribution in [3.8, 4) is 0 Å². The van der Waals surface area contributed by atoms with Crippen molar-refractivity contribution in [3.05, 3.63) is 18.0 Å². The van der Waals surface area contributed by atoms with Crippen LogP contribution in [-0.4, -0.2) is 21.0 Å². The number of hydrogen-bond acceptors (Lipinski definition) is 2. The van der Waals surface area contributed by atoms with Gasteiger partial charge in [0, 0.05) is 13.2 Å². The lowest BCUT2D eigenvalue weighted by molar-refractivity contribution is 0.181. The fraction of sp³-hybridized carbons (Fsp3) is 0.667. The summed E-state index contributed by atoms with van der Waals surface area (Å²) < 4.78 is 1.80. The fourth-order valence-electron chi connectivity index (χ4n) is 1.18. The van der Waals surface area contributed by atoms with E-state index in [0.717, 1.165) is 25.0 Å². The molecule has 1 N–H and O–H groups in total. The van der Waals surface area contributed by atoms with Crippen LogP contribution in [0.15, 0.2) is 12.3 Å². The summed E-state index contributed by atoms with van der Waals surface area (Å²) in [6.07, 6.45) is 4.59. The van der Waals surface area contributed by atoms with Gasteiger partial charge in [0.25, 0.3) is 0 Å². The van der Waals surface area contributed by atoms with Gasteiger partial charge >= 0.3 is 0 Å². The first-order valence-electron chi connectivity index (χ1n) is 4.35. The quantitative estimate of drug-likeness (QED) is 0.731. The molecular weight excluding hydrogens is 152 g/mol. The average molecular weight is 168 g/mol. The zero-order chi connectivity index (χ0) is 8.97. The minimum absolute atomic E-state index is 0.186. The van der Waals surface area contributed by atoms with Gasteiger partial charge in [-0.3, -0.25) is 4.68 Å². The van der Waals surface area contributed by atoms with Crippen LogP contribution in [-0.2, 0) is 13.5 Å². The zero-order valence-electron chi connectivity index (χ0n) is 7.70. The van der Waals surface area contributed by atoms with Crippen LogP contribution in [0, 0.1) is 0 Å². The predicted molar refractivity (Wildman–Crippen MR) is 47.8 cm³/mol. The van der Waals surface area contributed by atoms with Crippen molar-refractivity contribution in [2.45, 2.75) is 32.3 Å². The number of nitrogens with zero attached hydrogens (tertiary/aromatic N) is 2. The molecular formula is C9H16N2O. The number of aliphatic hydroxyl groups excluding tert-OH is 1. The Labute approximate surface area is 73.0 Å². The molecule has 3 heteroatoms. The number of aryl methyl sites for hydroxylation is 2. The first-order valence-corrected chi connectivity index (χ1v) is 4.35. The molecule has 0 aliphatic heterocycles. The van der Waals surface area contributed by atoms with E-state index in [4.69, 9.17) is 5.11 Å². The minimum atomic E-state index is -0.186. The van der Waals surface area contributed by atoms with E-state index in [1.165, 1.54) is 0 Å². The van der Waals surface area contributed by atoms with Gasteiger partial charge < -0.3 is 5.11 Å². The van der Waals surface area contributed by atoms with E-state index >= 15 is 0 Å². The molecule has 0 aliphatic rings. The van der Waals surface area contributed by atoms with Gasteiger partial charge in [-0.2, -0.15) is 5.10 Å². The second kappa shape index (κ2) is 4.26. The Bertz CT molecular complexity index is 230. The van der Waals surface area contributed by atoms with Crippen molar-refractivity contribution in [2.75, 3.05) is 0 Å². The largest absolute Gasteiger partial charge is 0.393 e. The SMILES string of the molecule is CC(O)CCCc1ccn(C)n1. The number of rotatable bonds is 4. The van der Waals surface area contributed by atoms with E-state index in [1.807, 2.05) is 26.2 Å². The van der Waals surface area contributed by atoms with Crippen LogP contribution in [0.2, 0.25) is 0 Å². The highest BCUT2D eigenvalue weighted by atomic mass is 16.3. The predicted octanol–water partition coefficient (Wildman–Crippen LogP) is 1.12. The number of aromatic nitrogens is 2. The van der Waals surface area contributed by atoms with Gasteiger partial charge in [-0.15, -0.1) is 0 Å². The Kier molecular flexibility index (Phi) is 3.29. The summed E-state index contributed by atoms with van der Waals surface area (Å²) in [6, 6.07) is 2.02. The standard InChI is InChI=1S/C9H16N2O/c1-8(12)4-3-5-9-6-7-11(2)10-9/h6-8,12H,3-5H2,1-2H3. The summed E-state index contributed by atoms with van der Waals surface area (Å²) in [7, 11) is 1.91. The molecule has 0 bridgehead atoms. The summed E-state index contributed by atoms with van der Waals surface area (Å²) in [5.41, 5.74) is 1.11. The highest BCUT2D eigenvalue weighted by molar-refractivity contribution is 4.98. The van der Waals surface area contributed by atoms with Crippen LogP contribution in [0.25, 0.3) is 0 Å². The van der Waals surface area contributed by atoms with Gasteiger partial charge in [0.1, 0.15) is 0 Å². The molecule has 0 aromatic carbocycles. The average Bonchev–Trinajstić information content (AvgIpc) is 2.35. The molecule has 0 radical (unpaired) electrons. The Morgan fingerprint density at radius 3 is 2.92 bits per heavy atom. The van der Waals surface area contributed by atoms with Crippen LogP contribution in [0.5, 0.6) is 0 Å². The van der Waals surface area contributed by atoms with Gasteiger partial charge in [-0.1, -0.05) is 0 Å². The third kappa shape index (κ3) is 3.05. The Hall–Kier alpha value is -0.830. The van der Waals surface area contributed by atoms with Crippen molar-refractivity contribution >= 4 is 0 Å². The second-order valence-corrected chi connectivity index (χ2v) is 3.22. The Balaban J connectivity index is 2.24. The van der Waals surface area contributed by atoms with E-state index < -0.39 is 0 Å². The lowest BCUT2D eigenvalue weighted by atomic mass is 10.1. The van der Waals surface area contributed by atoms with Crippen molar-refractivity contribution in [1.29, 1.82) is 0 Å². The third-order valence-corrected chi connectivity index (χ3v) is 1.82. The molecule has 0 saturated carbocycles. The molecule has 68 valence electrons. The molecule has 1 atom stereocenters. The van der Waals surface area contributed by atoms with E-state index in [9.17, 15) is 0 Å². The van der Waals surface area contributed by atoms with Crippen LogP contribution in [0.4, 0.5) is 0 Å². The summed E-state index contributed by atoms with van der Waals surface area (Å²) >= 11 is 0. The molecule has 3 nitrogen and oxygen atoms in total. The monoisotopic (exact) mass is 168 g/mol. The molecule has 1 heterocycles. The molecule has 1 aromatic heterocycles. The molecule has 0 spiro atoms. The second-order valence-electron chi connectivity index (χ2n) is 3.22. The lowest BCUT2D eigenvalue weighted by Crippen LogP contribution is -2.00. The lowest BCUT2D eigenvalue weighted by Gasteiger charge is -2.00. The molecule has 1 rings (SSSR count). The minimum Gasteiger partial charge on any atom is -0.393 e. The van der Waals surface area contributed by atoms with Crippen LogP contribution in [0.1, 0.15) is 25.5 Å². The van der Waals surface area contributed by atoms with Gasteiger partial charge in [0.2, 0.25) is 0 Å². The van der Waals surface area contributed by atoms with Crippen LogP contribution in [0.3, 0.4) is 0 Å². The highest BCUT2D eigenvalue weighted by Crippen LogP contribution is 2.03. The summed E-state index contributed by atoms with van der Waals surface area (Å²) in [4.78, 5) is 0. The first kappa shape index (κ1) is 9.26. The molecule has 12 heavy (non-hydrogen) atoms. The molecule has 1 aromatic rings. The Morgan fingerprint density at radius 1 is 1.67 bits per heavy atom. The molecule has 0 amide bonds. The van der Waals surface area contributed by atoms with Gasteiger partial charge in [0.05, 0.1) is 11.8 Å². The zero-order valence-corrected chi connectivity index (χ0v) is 7.70. The summed E-state index contributed by atoms with van der Waals surface area (Å²) in [5.74, 6) is 0. The van der Waals surface area contributed by atoms with Crippen molar-refractivity contribution in [2.24, 2.45) is 7.05 Å². The normalized spacial score (nSPS) is 13.2. The third-order valence-electron chi connectivity index (χ3n) is 1.82. The van der Waals surface area contributed by atoms with E-state index in [0.29, 0.717) is 0 Å². The van der Waals surface area contributed by atoms with Gasteiger partial charge in [-0.05, 0) is 32.3 Å². The van der Waals surface area contributed by atoms with Crippen molar-refractivity contribution < 1.29 is 5.11 Å². The highest BCUT2D eigenvalue weighted by Gasteiger charge is 1.98. The van der Waals surface area contributed by atoms with Crippen LogP contribution >= 0.6 is 0 Å². The van der Waals surface area contributed by atoms with Crippen molar-refractivity contribution in [1.82, 2.24) is 9.78 Å². The molecule has 0 fully saturated rings. The van der Waals surface area contributed by atoms with E-state index in [2.05, 4.69) is 5.10 Å². The van der Waals surface area contributed by atoms with E-state index in [1.54, 1.807) is 4.68 Å². The number of aliphatic hydroxyl groups is 1. The van der Waals surface area contributed by atoms with Crippen molar-refractivity contribution in [3.63, 3.8) is 0 Å². The van der Waals surface area contributed by atoms with E-state index in [-0.39, 0.29) is 6.10 Å².